The quantitative estimate of drug-likeness (QED) is 0.696. The number of fused-ring (bicyclic) bond motifs is 3. The Morgan fingerprint density at radius 3 is 2.50 bits per heavy atom. The standard InChI is InChI=1S/C23H26F2N2O4S/c1-14(2)31-18-7-5-17(6-8-18)26-23(28)19-11-15-3-10-21(19)27(13-15)32(29,30)22-12-16(24)4-9-20(22)25/h4-9,12,14-15,19,21H,3,10-11,13H2,1-2H3,(H,26,28)/t15-,19-,21-/m1/s1. The minimum atomic E-state index is -4.28. The Bertz CT molecular complexity index is 1110. The maximum atomic E-state index is 14.3. The van der Waals surface area contributed by atoms with E-state index in [1.165, 1.54) is 4.31 Å². The first-order valence-electron chi connectivity index (χ1n) is 10.7. The molecular weight excluding hydrogens is 438 g/mol. The number of sulfonamides is 1. The van der Waals surface area contributed by atoms with Crippen molar-refractivity contribution in [1.82, 2.24) is 4.31 Å². The Labute approximate surface area is 186 Å². The number of carbonyl (C=O) groups is 1. The van der Waals surface area contributed by atoms with Crippen LogP contribution in [0.4, 0.5) is 14.5 Å². The molecule has 9 heteroatoms. The van der Waals surface area contributed by atoms with E-state index in [0.717, 1.165) is 18.6 Å². The molecule has 1 saturated carbocycles. The van der Waals surface area contributed by atoms with Crippen LogP contribution in [0.2, 0.25) is 0 Å². The number of hydrogen-bond acceptors (Lipinski definition) is 4. The van der Waals surface area contributed by atoms with Gasteiger partial charge in [-0.3, -0.25) is 4.79 Å². The number of rotatable bonds is 6. The maximum Gasteiger partial charge on any atom is 0.246 e. The van der Waals surface area contributed by atoms with Crippen LogP contribution < -0.4 is 10.1 Å². The predicted octanol–water partition coefficient (Wildman–Crippen LogP) is 4.18. The van der Waals surface area contributed by atoms with E-state index in [-0.39, 0.29) is 24.5 Å². The van der Waals surface area contributed by atoms with Crippen LogP contribution in [0.3, 0.4) is 0 Å². The number of benzene rings is 2. The van der Waals surface area contributed by atoms with E-state index in [0.29, 0.717) is 30.3 Å². The van der Waals surface area contributed by atoms with E-state index in [1.54, 1.807) is 24.3 Å². The van der Waals surface area contributed by atoms with Crippen molar-refractivity contribution in [3.05, 3.63) is 54.1 Å². The Balaban J connectivity index is 1.53. The summed E-state index contributed by atoms with van der Waals surface area (Å²) < 4.78 is 61.0. The van der Waals surface area contributed by atoms with Gasteiger partial charge < -0.3 is 10.1 Å². The summed E-state index contributed by atoms with van der Waals surface area (Å²) in [6.07, 6.45) is 1.89. The lowest BCUT2D eigenvalue weighted by Crippen LogP contribution is -2.57. The molecule has 2 aliphatic heterocycles. The Hall–Kier alpha value is -2.52. The van der Waals surface area contributed by atoms with Crippen LogP contribution in [0.1, 0.15) is 33.1 Å². The van der Waals surface area contributed by atoms with Crippen molar-refractivity contribution in [2.45, 2.75) is 50.2 Å². The van der Waals surface area contributed by atoms with Gasteiger partial charge in [0, 0.05) is 18.3 Å². The van der Waals surface area contributed by atoms with Gasteiger partial charge >= 0.3 is 0 Å². The molecule has 2 aromatic carbocycles. The maximum absolute atomic E-state index is 14.3. The molecule has 5 rings (SSSR count). The zero-order valence-corrected chi connectivity index (χ0v) is 18.7. The SMILES string of the molecule is CC(C)Oc1ccc(NC(=O)[C@@H]2C[C@H]3CC[C@H]2N(S(=O)(=O)c2cc(F)ccc2F)C3)cc1. The van der Waals surface area contributed by atoms with Crippen LogP contribution in [0, 0.1) is 23.5 Å². The highest BCUT2D eigenvalue weighted by Gasteiger charge is 2.49. The molecule has 2 saturated heterocycles. The zero-order valence-electron chi connectivity index (χ0n) is 17.9. The molecule has 0 unspecified atom stereocenters. The van der Waals surface area contributed by atoms with Gasteiger partial charge in [-0.2, -0.15) is 4.31 Å². The van der Waals surface area contributed by atoms with E-state index in [1.807, 2.05) is 13.8 Å². The number of nitrogens with one attached hydrogen (secondary N) is 1. The molecule has 172 valence electrons. The van der Waals surface area contributed by atoms with E-state index in [2.05, 4.69) is 5.32 Å². The zero-order chi connectivity index (χ0) is 23.0. The average molecular weight is 465 g/mol. The summed E-state index contributed by atoms with van der Waals surface area (Å²) in [6.45, 7) is 4.04. The van der Waals surface area contributed by atoms with Gasteiger partial charge in [0.25, 0.3) is 0 Å². The highest BCUT2D eigenvalue weighted by molar-refractivity contribution is 7.89. The molecule has 3 fully saturated rings. The van der Waals surface area contributed by atoms with Gasteiger partial charge in [0.1, 0.15) is 22.3 Å². The van der Waals surface area contributed by atoms with Crippen LogP contribution in [-0.4, -0.2) is 37.3 Å². The average Bonchev–Trinajstić information content (AvgIpc) is 2.76. The normalized spacial score (nSPS) is 23.3. The van der Waals surface area contributed by atoms with Gasteiger partial charge in [-0.25, -0.2) is 17.2 Å². The second-order valence-electron chi connectivity index (χ2n) is 8.68. The molecule has 1 aliphatic carbocycles. The van der Waals surface area contributed by atoms with Gasteiger partial charge in [0.2, 0.25) is 15.9 Å². The van der Waals surface area contributed by atoms with E-state index in [4.69, 9.17) is 4.74 Å². The molecule has 6 nitrogen and oxygen atoms in total. The van der Waals surface area contributed by atoms with Crippen molar-refractivity contribution in [3.63, 3.8) is 0 Å². The third kappa shape index (κ3) is 4.49. The summed E-state index contributed by atoms with van der Waals surface area (Å²) in [7, 11) is -4.28. The van der Waals surface area contributed by atoms with Crippen LogP contribution in [0.15, 0.2) is 47.4 Å². The molecule has 0 radical (unpaired) electrons. The minimum Gasteiger partial charge on any atom is -0.491 e. The monoisotopic (exact) mass is 464 g/mol. The van der Waals surface area contributed by atoms with Crippen molar-refractivity contribution >= 4 is 21.6 Å². The first-order valence-corrected chi connectivity index (χ1v) is 12.1. The summed E-state index contributed by atoms with van der Waals surface area (Å²) in [5.41, 5.74) is 0.582. The number of halogens is 2. The lowest BCUT2D eigenvalue weighted by atomic mass is 9.73. The molecule has 2 bridgehead atoms. The number of carbonyl (C=O) groups excluding carboxylic acids is 1. The molecule has 0 spiro atoms. The van der Waals surface area contributed by atoms with Gasteiger partial charge in [0.15, 0.2) is 0 Å². The highest BCUT2D eigenvalue weighted by atomic mass is 32.2. The first kappa shape index (κ1) is 22.7. The number of amides is 1. The van der Waals surface area contributed by atoms with Crippen molar-refractivity contribution < 1.29 is 26.7 Å². The van der Waals surface area contributed by atoms with E-state index < -0.39 is 38.5 Å². The van der Waals surface area contributed by atoms with Crippen LogP contribution in [-0.2, 0) is 14.8 Å². The largest absolute Gasteiger partial charge is 0.491 e. The minimum absolute atomic E-state index is 0.0102. The number of nitrogens with zero attached hydrogens (tertiary/aromatic N) is 1. The fourth-order valence-corrected chi connectivity index (χ4v) is 6.47. The summed E-state index contributed by atoms with van der Waals surface area (Å²) in [6, 6.07) is 8.75. The smallest absolute Gasteiger partial charge is 0.246 e. The first-order chi connectivity index (χ1) is 15.1. The van der Waals surface area contributed by atoms with Gasteiger partial charge in [-0.05, 0) is 81.5 Å². The number of ether oxygens (including phenoxy) is 1. The number of anilines is 1. The topological polar surface area (TPSA) is 75.7 Å². The molecule has 3 aliphatic rings. The predicted molar refractivity (Wildman–Crippen MR) is 116 cm³/mol. The highest BCUT2D eigenvalue weighted by Crippen LogP contribution is 2.42. The Morgan fingerprint density at radius 1 is 1.12 bits per heavy atom. The molecule has 32 heavy (non-hydrogen) atoms. The lowest BCUT2D eigenvalue weighted by molar-refractivity contribution is -0.125. The third-order valence-corrected chi connectivity index (χ3v) is 7.95. The lowest BCUT2D eigenvalue weighted by Gasteiger charge is -2.48. The molecule has 3 atom stereocenters. The Kier molecular flexibility index (Phi) is 6.22. The van der Waals surface area contributed by atoms with Crippen molar-refractivity contribution in [2.24, 2.45) is 11.8 Å². The molecule has 2 heterocycles. The summed E-state index contributed by atoms with van der Waals surface area (Å²) in [5.74, 6) is -2.01. The van der Waals surface area contributed by atoms with Gasteiger partial charge in [0.05, 0.1) is 12.0 Å². The van der Waals surface area contributed by atoms with Crippen molar-refractivity contribution in [1.29, 1.82) is 0 Å². The molecule has 0 aromatic heterocycles. The Morgan fingerprint density at radius 2 is 1.84 bits per heavy atom. The number of piperidine rings is 2. The molecule has 1 amide bonds. The van der Waals surface area contributed by atoms with Crippen LogP contribution in [0.25, 0.3) is 0 Å². The van der Waals surface area contributed by atoms with E-state index >= 15 is 0 Å². The van der Waals surface area contributed by atoms with Gasteiger partial charge in [-0.1, -0.05) is 0 Å². The molecular formula is C23H26F2N2O4S. The summed E-state index contributed by atoms with van der Waals surface area (Å²) in [4.78, 5) is 12.4. The summed E-state index contributed by atoms with van der Waals surface area (Å²) >= 11 is 0. The molecule has 2 aromatic rings. The van der Waals surface area contributed by atoms with Crippen LogP contribution >= 0.6 is 0 Å². The number of hydrogen-bond donors (Lipinski definition) is 1. The third-order valence-electron chi connectivity index (χ3n) is 6.04. The van der Waals surface area contributed by atoms with Gasteiger partial charge in [-0.15, -0.1) is 0 Å². The van der Waals surface area contributed by atoms with Crippen molar-refractivity contribution in [3.8, 4) is 5.75 Å². The van der Waals surface area contributed by atoms with Crippen LogP contribution in [0.5, 0.6) is 5.75 Å². The second kappa shape index (κ2) is 8.78. The van der Waals surface area contributed by atoms with Crippen molar-refractivity contribution in [2.75, 3.05) is 11.9 Å². The van der Waals surface area contributed by atoms with E-state index in [9.17, 15) is 22.0 Å². The molecule has 1 N–H and O–H groups in total. The fraction of sp³-hybridized carbons (Fsp3) is 0.435. The summed E-state index contributed by atoms with van der Waals surface area (Å²) in [5, 5.41) is 2.86. The fourth-order valence-electron chi connectivity index (χ4n) is 4.63. The second-order valence-corrected chi connectivity index (χ2v) is 10.5.